The lowest BCUT2D eigenvalue weighted by Crippen LogP contribution is -2.33. The molecule has 7 nitrogen and oxygen atoms in total. The van der Waals surface area contributed by atoms with Crippen molar-refractivity contribution in [1.82, 2.24) is 9.80 Å². The summed E-state index contributed by atoms with van der Waals surface area (Å²) in [5.74, 6) is 2.94. The van der Waals surface area contributed by atoms with Crippen molar-refractivity contribution in [3.05, 3.63) is 82.9 Å². The molecule has 0 saturated carbocycles. The van der Waals surface area contributed by atoms with E-state index >= 15 is 0 Å². The van der Waals surface area contributed by atoms with Crippen LogP contribution in [-0.2, 0) is 19.8 Å². The van der Waals surface area contributed by atoms with Gasteiger partial charge >= 0.3 is 0 Å². The summed E-state index contributed by atoms with van der Waals surface area (Å²) in [5.41, 5.74) is 3.62. The number of carbonyl (C=O) groups is 1. The summed E-state index contributed by atoms with van der Waals surface area (Å²) in [6.45, 7) is 5.13. The Bertz CT molecular complexity index is 1200. The molecule has 2 aliphatic rings. The van der Waals surface area contributed by atoms with E-state index in [1.54, 1.807) is 14.2 Å². The van der Waals surface area contributed by atoms with Crippen LogP contribution in [-0.4, -0.2) is 56.1 Å². The van der Waals surface area contributed by atoms with Crippen molar-refractivity contribution < 1.29 is 23.7 Å². The second kappa shape index (κ2) is 11.6. The molecule has 7 heteroatoms. The topological polar surface area (TPSA) is 60.5 Å². The summed E-state index contributed by atoms with van der Waals surface area (Å²) in [5, 5.41) is 0. The maximum Gasteiger partial charge on any atom is 0.254 e. The van der Waals surface area contributed by atoms with Crippen molar-refractivity contribution in [2.45, 2.75) is 32.6 Å². The van der Waals surface area contributed by atoms with E-state index in [2.05, 4.69) is 4.90 Å². The third kappa shape index (κ3) is 5.83. The number of carbonyl (C=O) groups excluding carboxylic acids is 1. The van der Waals surface area contributed by atoms with Gasteiger partial charge in [0.2, 0.25) is 0 Å². The van der Waals surface area contributed by atoms with Gasteiger partial charge in [0.15, 0.2) is 11.5 Å². The number of hydrogen-bond donors (Lipinski definition) is 0. The molecule has 2 heterocycles. The highest BCUT2D eigenvalue weighted by atomic mass is 16.5. The monoisotopic (exact) mass is 502 g/mol. The van der Waals surface area contributed by atoms with Gasteiger partial charge in [0.25, 0.3) is 5.91 Å². The number of fused-ring (bicyclic) bond motifs is 1. The van der Waals surface area contributed by atoms with Gasteiger partial charge in [0.05, 0.1) is 20.8 Å². The van der Waals surface area contributed by atoms with Crippen molar-refractivity contribution in [2.75, 3.05) is 40.4 Å². The highest BCUT2D eigenvalue weighted by molar-refractivity contribution is 5.99. The number of rotatable bonds is 11. The molecule has 0 radical (unpaired) electrons. The number of nitrogens with zero attached hydrogens (tertiary/aromatic N) is 2. The molecule has 0 aromatic heterocycles. The lowest BCUT2D eigenvalue weighted by Gasteiger charge is -2.21. The summed E-state index contributed by atoms with van der Waals surface area (Å²) in [7, 11) is 3.30. The predicted molar refractivity (Wildman–Crippen MR) is 142 cm³/mol. The van der Waals surface area contributed by atoms with Crippen molar-refractivity contribution in [3.63, 3.8) is 0 Å². The van der Waals surface area contributed by atoms with Gasteiger partial charge in [-0.2, -0.15) is 0 Å². The second-order valence-corrected chi connectivity index (χ2v) is 9.47. The third-order valence-electron chi connectivity index (χ3n) is 7.07. The zero-order valence-corrected chi connectivity index (χ0v) is 21.6. The van der Waals surface area contributed by atoms with Crippen LogP contribution in [0, 0.1) is 0 Å². The Hall–Kier alpha value is -3.71. The summed E-state index contributed by atoms with van der Waals surface area (Å²) in [6, 6.07) is 19.3. The molecule has 0 N–H and O–H groups in total. The number of methoxy groups -OCH3 is 2. The van der Waals surface area contributed by atoms with Crippen LogP contribution in [0.2, 0.25) is 0 Å². The molecule has 1 fully saturated rings. The van der Waals surface area contributed by atoms with Gasteiger partial charge in [-0.05, 0) is 73.5 Å². The minimum Gasteiger partial charge on any atom is -0.497 e. The quantitative estimate of drug-likeness (QED) is 0.371. The average molecular weight is 503 g/mol. The number of benzene rings is 3. The summed E-state index contributed by atoms with van der Waals surface area (Å²) < 4.78 is 23.1. The molecule has 0 aliphatic carbocycles. The Morgan fingerprint density at radius 1 is 0.730 bits per heavy atom. The van der Waals surface area contributed by atoms with Gasteiger partial charge in [0, 0.05) is 24.2 Å². The SMILES string of the molecule is COc1ccc(COc2ccc3c(c2OCc2ccc(OC)cc2)CN(CCN2CCCC2)C3=O)cc1. The van der Waals surface area contributed by atoms with Crippen LogP contribution < -0.4 is 18.9 Å². The highest BCUT2D eigenvalue weighted by Crippen LogP contribution is 2.39. The van der Waals surface area contributed by atoms with Crippen LogP contribution >= 0.6 is 0 Å². The zero-order chi connectivity index (χ0) is 25.6. The molecule has 194 valence electrons. The molecule has 2 aliphatic heterocycles. The third-order valence-corrected chi connectivity index (χ3v) is 7.07. The van der Waals surface area contributed by atoms with E-state index in [0.717, 1.165) is 47.8 Å². The minimum atomic E-state index is 0.0604. The molecule has 1 saturated heterocycles. The Kier molecular flexibility index (Phi) is 7.80. The van der Waals surface area contributed by atoms with Crippen molar-refractivity contribution in [1.29, 1.82) is 0 Å². The Balaban J connectivity index is 1.35. The van der Waals surface area contributed by atoms with E-state index < -0.39 is 0 Å². The van der Waals surface area contributed by atoms with E-state index in [1.807, 2.05) is 65.6 Å². The first-order chi connectivity index (χ1) is 18.1. The molecule has 3 aromatic carbocycles. The normalized spacial score (nSPS) is 15.1. The fourth-order valence-corrected chi connectivity index (χ4v) is 4.88. The second-order valence-electron chi connectivity index (χ2n) is 9.47. The number of ether oxygens (including phenoxy) is 4. The van der Waals surface area contributed by atoms with E-state index in [4.69, 9.17) is 18.9 Å². The molecule has 0 unspecified atom stereocenters. The van der Waals surface area contributed by atoms with Gasteiger partial charge in [0.1, 0.15) is 24.7 Å². The molecule has 0 bridgehead atoms. The van der Waals surface area contributed by atoms with E-state index in [9.17, 15) is 4.79 Å². The van der Waals surface area contributed by atoms with Crippen molar-refractivity contribution in [3.8, 4) is 23.0 Å². The summed E-state index contributed by atoms with van der Waals surface area (Å²) >= 11 is 0. The van der Waals surface area contributed by atoms with Gasteiger partial charge in [-0.15, -0.1) is 0 Å². The predicted octanol–water partition coefficient (Wildman–Crippen LogP) is 4.91. The Morgan fingerprint density at radius 2 is 1.32 bits per heavy atom. The molecule has 1 amide bonds. The van der Waals surface area contributed by atoms with Gasteiger partial charge in [-0.3, -0.25) is 4.79 Å². The fourth-order valence-electron chi connectivity index (χ4n) is 4.88. The number of amides is 1. The molecule has 3 aromatic rings. The molecule has 0 atom stereocenters. The van der Waals surface area contributed by atoms with E-state index in [1.165, 1.54) is 12.8 Å². The van der Waals surface area contributed by atoms with Gasteiger partial charge < -0.3 is 28.7 Å². The van der Waals surface area contributed by atoms with E-state index in [0.29, 0.717) is 43.4 Å². The molecule has 0 spiro atoms. The smallest absolute Gasteiger partial charge is 0.254 e. The van der Waals surface area contributed by atoms with Crippen LogP contribution in [0.15, 0.2) is 60.7 Å². The van der Waals surface area contributed by atoms with Crippen LogP contribution in [0.25, 0.3) is 0 Å². The van der Waals surface area contributed by atoms with Crippen LogP contribution in [0.4, 0.5) is 0 Å². The van der Waals surface area contributed by atoms with Gasteiger partial charge in [-0.1, -0.05) is 24.3 Å². The maximum absolute atomic E-state index is 13.2. The Labute approximate surface area is 218 Å². The standard InChI is InChI=1S/C30H34N2O5/c1-34-24-9-5-22(6-10-24)20-36-28-14-13-26-27(19-32(30(26)33)18-17-31-15-3-4-16-31)29(28)37-21-23-7-11-25(35-2)12-8-23/h5-14H,3-4,15-21H2,1-2H3. The van der Waals surface area contributed by atoms with Gasteiger partial charge in [-0.25, -0.2) is 0 Å². The van der Waals surface area contributed by atoms with Crippen molar-refractivity contribution >= 4 is 5.91 Å². The summed E-state index contributed by atoms with van der Waals surface area (Å²) in [4.78, 5) is 17.6. The minimum absolute atomic E-state index is 0.0604. The average Bonchev–Trinajstić information content (AvgIpc) is 3.58. The first-order valence-electron chi connectivity index (χ1n) is 12.8. The maximum atomic E-state index is 13.2. The molecular formula is C30H34N2O5. The fraction of sp³-hybridized carbons (Fsp3) is 0.367. The van der Waals surface area contributed by atoms with Crippen LogP contribution in [0.3, 0.4) is 0 Å². The Morgan fingerprint density at radius 3 is 1.92 bits per heavy atom. The largest absolute Gasteiger partial charge is 0.497 e. The zero-order valence-electron chi connectivity index (χ0n) is 21.6. The molecular weight excluding hydrogens is 468 g/mol. The van der Waals surface area contributed by atoms with E-state index in [-0.39, 0.29) is 5.91 Å². The summed E-state index contributed by atoms with van der Waals surface area (Å²) in [6.07, 6.45) is 2.48. The lowest BCUT2D eigenvalue weighted by atomic mass is 10.1. The first-order valence-corrected chi connectivity index (χ1v) is 12.8. The lowest BCUT2D eigenvalue weighted by molar-refractivity contribution is 0.0763. The van der Waals surface area contributed by atoms with Crippen molar-refractivity contribution in [2.24, 2.45) is 0 Å². The number of hydrogen-bond acceptors (Lipinski definition) is 6. The first kappa shape index (κ1) is 25.0. The number of likely N-dealkylation sites (tertiary alicyclic amines) is 1. The molecule has 37 heavy (non-hydrogen) atoms. The highest BCUT2D eigenvalue weighted by Gasteiger charge is 2.32. The van der Waals surface area contributed by atoms with Crippen LogP contribution in [0.1, 0.15) is 39.9 Å². The van der Waals surface area contributed by atoms with Crippen LogP contribution in [0.5, 0.6) is 23.0 Å². The molecule has 5 rings (SSSR count).